The van der Waals surface area contributed by atoms with Crippen LogP contribution in [0.25, 0.3) is 11.6 Å². The lowest BCUT2D eigenvalue weighted by Gasteiger charge is -2.34. The Morgan fingerprint density at radius 1 is 1.30 bits per heavy atom. The summed E-state index contributed by atoms with van der Waals surface area (Å²) in [5.74, 6) is 0.368. The minimum Gasteiger partial charge on any atom is -0.450 e. The molecule has 1 aliphatic carbocycles. The highest BCUT2D eigenvalue weighted by Gasteiger charge is 2.30. The van der Waals surface area contributed by atoms with Crippen LogP contribution in [0.2, 0.25) is 5.02 Å². The molecular formula is C22H23ClN2O2. The normalized spacial score (nSPS) is 19.0. The predicted molar refractivity (Wildman–Crippen MR) is 109 cm³/mol. The minimum absolute atomic E-state index is 0.206. The number of hydrogen-bond donors (Lipinski definition) is 1. The fourth-order valence-electron chi connectivity index (χ4n) is 4.04. The van der Waals surface area contributed by atoms with E-state index in [2.05, 4.69) is 29.6 Å². The molecular weight excluding hydrogens is 360 g/mol. The van der Waals surface area contributed by atoms with Gasteiger partial charge in [0.1, 0.15) is 0 Å². The van der Waals surface area contributed by atoms with Crippen molar-refractivity contribution in [3.63, 3.8) is 0 Å². The number of fused-ring (bicyclic) bond motifs is 2. The highest BCUT2D eigenvalue weighted by molar-refractivity contribution is 6.30. The average Bonchev–Trinajstić information content (AvgIpc) is 2.85. The van der Waals surface area contributed by atoms with E-state index in [0.29, 0.717) is 25.6 Å². The van der Waals surface area contributed by atoms with Crippen LogP contribution in [-0.2, 0) is 4.74 Å². The molecule has 2 aliphatic heterocycles. The third-order valence-electron chi connectivity index (χ3n) is 5.33. The molecule has 1 fully saturated rings. The highest BCUT2D eigenvalue weighted by Crippen LogP contribution is 2.41. The van der Waals surface area contributed by atoms with Gasteiger partial charge in [0.25, 0.3) is 0 Å². The maximum Gasteiger partial charge on any atom is 0.409 e. The van der Waals surface area contributed by atoms with Gasteiger partial charge in [-0.15, -0.1) is 0 Å². The van der Waals surface area contributed by atoms with Gasteiger partial charge >= 0.3 is 6.09 Å². The topological polar surface area (TPSA) is 41.6 Å². The Morgan fingerprint density at radius 2 is 2.11 bits per heavy atom. The number of benzene rings is 1. The van der Waals surface area contributed by atoms with Gasteiger partial charge in [-0.05, 0) is 66.2 Å². The Balaban J connectivity index is 1.68. The number of rotatable bonds is 2. The highest BCUT2D eigenvalue weighted by atomic mass is 35.5. The third-order valence-corrected chi connectivity index (χ3v) is 5.57. The summed E-state index contributed by atoms with van der Waals surface area (Å²) in [5, 5.41) is 4.20. The number of likely N-dealkylation sites (tertiary alicyclic amines) is 1. The van der Waals surface area contributed by atoms with Gasteiger partial charge in [-0.25, -0.2) is 4.79 Å². The van der Waals surface area contributed by atoms with Crippen LogP contribution in [0, 0.1) is 5.92 Å². The number of ether oxygens (including phenoxy) is 1. The predicted octanol–water partition coefficient (Wildman–Crippen LogP) is 4.99. The number of hydrogen-bond acceptors (Lipinski definition) is 3. The first-order valence-corrected chi connectivity index (χ1v) is 9.82. The fourth-order valence-corrected chi connectivity index (χ4v) is 4.22. The molecule has 0 saturated carbocycles. The van der Waals surface area contributed by atoms with E-state index >= 15 is 0 Å². The number of carbonyl (C=O) groups is 1. The van der Waals surface area contributed by atoms with Gasteiger partial charge in [-0.1, -0.05) is 35.9 Å². The molecule has 0 unspecified atom stereocenters. The Morgan fingerprint density at radius 3 is 2.89 bits per heavy atom. The second-order valence-corrected chi connectivity index (χ2v) is 7.38. The van der Waals surface area contributed by atoms with Gasteiger partial charge in [-0.3, -0.25) is 0 Å². The van der Waals surface area contributed by atoms with Crippen LogP contribution >= 0.6 is 11.6 Å². The number of allylic oxidation sites excluding steroid dienone is 4. The van der Waals surface area contributed by atoms with E-state index in [4.69, 9.17) is 16.3 Å². The summed E-state index contributed by atoms with van der Waals surface area (Å²) in [6.07, 6.45) is 12.0. The molecule has 1 aromatic rings. The number of halogens is 1. The molecule has 0 aromatic heterocycles. The van der Waals surface area contributed by atoms with Crippen molar-refractivity contribution in [2.75, 3.05) is 19.7 Å². The van der Waals surface area contributed by atoms with E-state index in [1.165, 1.54) is 16.7 Å². The van der Waals surface area contributed by atoms with Crippen LogP contribution in [0.15, 0.2) is 53.9 Å². The number of carbonyl (C=O) groups excluding carboxylic acids is 1. The summed E-state index contributed by atoms with van der Waals surface area (Å²) in [6.45, 7) is 3.68. The van der Waals surface area contributed by atoms with E-state index in [0.717, 1.165) is 29.1 Å². The summed E-state index contributed by atoms with van der Waals surface area (Å²) in [4.78, 5) is 13.8. The van der Waals surface area contributed by atoms with Gasteiger partial charge in [-0.2, -0.15) is 0 Å². The molecule has 3 aliphatic rings. The second-order valence-electron chi connectivity index (χ2n) is 6.94. The zero-order valence-corrected chi connectivity index (χ0v) is 16.1. The summed E-state index contributed by atoms with van der Waals surface area (Å²) in [6, 6.07) is 6.09. The molecule has 1 amide bonds. The smallest absolute Gasteiger partial charge is 0.409 e. The molecule has 0 atom stereocenters. The maximum atomic E-state index is 12.0. The summed E-state index contributed by atoms with van der Waals surface area (Å²) >= 11 is 6.25. The first-order chi connectivity index (χ1) is 13.2. The molecule has 27 heavy (non-hydrogen) atoms. The van der Waals surface area contributed by atoms with Crippen molar-refractivity contribution >= 4 is 29.3 Å². The summed E-state index contributed by atoms with van der Waals surface area (Å²) in [7, 11) is 0. The van der Waals surface area contributed by atoms with Crippen LogP contribution < -0.4 is 5.32 Å². The lowest BCUT2D eigenvalue weighted by Crippen LogP contribution is -2.39. The van der Waals surface area contributed by atoms with Crippen molar-refractivity contribution in [1.29, 1.82) is 0 Å². The van der Waals surface area contributed by atoms with Crippen molar-refractivity contribution in [3.8, 4) is 0 Å². The van der Waals surface area contributed by atoms with E-state index in [1.807, 2.05) is 36.2 Å². The number of nitrogens with zero attached hydrogens (tertiary/aromatic N) is 1. The van der Waals surface area contributed by atoms with Crippen molar-refractivity contribution in [1.82, 2.24) is 10.2 Å². The molecule has 5 heteroatoms. The zero-order chi connectivity index (χ0) is 18.8. The first kappa shape index (κ1) is 17.9. The van der Waals surface area contributed by atoms with Gasteiger partial charge in [0.2, 0.25) is 0 Å². The number of amides is 1. The zero-order valence-electron chi connectivity index (χ0n) is 15.4. The van der Waals surface area contributed by atoms with Gasteiger partial charge in [0, 0.05) is 30.0 Å². The summed E-state index contributed by atoms with van der Waals surface area (Å²) < 4.78 is 5.16. The molecule has 1 saturated heterocycles. The van der Waals surface area contributed by atoms with Crippen LogP contribution in [0.5, 0.6) is 0 Å². The molecule has 4 rings (SSSR count). The maximum absolute atomic E-state index is 12.0. The number of piperidine rings is 1. The molecule has 0 spiro atoms. The van der Waals surface area contributed by atoms with E-state index < -0.39 is 0 Å². The van der Waals surface area contributed by atoms with E-state index in [-0.39, 0.29) is 6.09 Å². The van der Waals surface area contributed by atoms with E-state index in [9.17, 15) is 4.79 Å². The van der Waals surface area contributed by atoms with Crippen LogP contribution in [0.3, 0.4) is 0 Å². The number of dihydropyridines is 1. The Labute approximate surface area is 164 Å². The minimum atomic E-state index is -0.206. The molecule has 0 radical (unpaired) electrons. The van der Waals surface area contributed by atoms with Crippen LogP contribution in [0.4, 0.5) is 4.79 Å². The summed E-state index contributed by atoms with van der Waals surface area (Å²) in [5.41, 5.74) is 5.99. The van der Waals surface area contributed by atoms with Gasteiger partial charge in [0.15, 0.2) is 0 Å². The van der Waals surface area contributed by atoms with Crippen LogP contribution in [0.1, 0.15) is 30.9 Å². The number of nitrogens with one attached hydrogen (secondary N) is 1. The van der Waals surface area contributed by atoms with Gasteiger partial charge in [0.05, 0.1) is 6.61 Å². The van der Waals surface area contributed by atoms with Gasteiger partial charge < -0.3 is 15.0 Å². The molecule has 0 bridgehead atoms. The third kappa shape index (κ3) is 3.54. The molecule has 1 N–H and O–H groups in total. The Hall–Kier alpha value is -2.46. The SMILES string of the molecule is CCOC(=O)N1CCC(C2=C3NC=CC=C3C=Cc3cc(Cl)ccc32)CC1. The van der Waals surface area contributed by atoms with Crippen LogP contribution in [-0.4, -0.2) is 30.7 Å². The van der Waals surface area contributed by atoms with Crippen molar-refractivity contribution in [2.45, 2.75) is 19.8 Å². The Bertz CT molecular complexity index is 874. The largest absolute Gasteiger partial charge is 0.450 e. The molecule has 2 heterocycles. The molecule has 140 valence electrons. The standard InChI is InChI=1S/C22H23ClN2O2/c1-2-27-22(26)25-12-9-15(10-13-25)20-19-8-7-18(23)14-17(19)6-5-16-4-3-11-24-21(16)20/h3-8,11,14-15,24H,2,9-10,12-13H2,1H3. The Kier molecular flexibility index (Phi) is 5.08. The average molecular weight is 383 g/mol. The molecule has 4 nitrogen and oxygen atoms in total. The van der Waals surface area contributed by atoms with Crippen molar-refractivity contribution in [2.24, 2.45) is 5.92 Å². The second kappa shape index (κ2) is 7.65. The van der Waals surface area contributed by atoms with Crippen molar-refractivity contribution < 1.29 is 9.53 Å². The first-order valence-electron chi connectivity index (χ1n) is 9.45. The van der Waals surface area contributed by atoms with E-state index in [1.54, 1.807) is 0 Å². The monoisotopic (exact) mass is 382 g/mol. The van der Waals surface area contributed by atoms with Crippen molar-refractivity contribution in [3.05, 3.63) is 70.0 Å². The lowest BCUT2D eigenvalue weighted by atomic mass is 9.82. The quantitative estimate of drug-likeness (QED) is 0.783. The lowest BCUT2D eigenvalue weighted by molar-refractivity contribution is 0.0959. The molecule has 1 aromatic carbocycles. The fraction of sp³-hybridized carbons (Fsp3) is 0.318.